The van der Waals surface area contributed by atoms with Crippen molar-refractivity contribution in [1.82, 2.24) is 0 Å². The third-order valence-corrected chi connectivity index (χ3v) is 4.30. The van der Waals surface area contributed by atoms with Gasteiger partial charge in [0, 0.05) is 6.04 Å². The van der Waals surface area contributed by atoms with Gasteiger partial charge in [-0.3, -0.25) is 0 Å². The third kappa shape index (κ3) is 5.13. The van der Waals surface area contributed by atoms with Crippen LogP contribution in [-0.2, 0) is 0 Å². The van der Waals surface area contributed by atoms with Crippen LogP contribution in [0.25, 0.3) is 6.08 Å². The second kappa shape index (κ2) is 8.26. The summed E-state index contributed by atoms with van der Waals surface area (Å²) in [6.07, 6.45) is 9.70. The maximum atomic E-state index is 6.48. The highest BCUT2D eigenvalue weighted by molar-refractivity contribution is 5.47. The van der Waals surface area contributed by atoms with Crippen LogP contribution in [0.5, 0.6) is 0 Å². The van der Waals surface area contributed by atoms with Crippen molar-refractivity contribution in [3.63, 3.8) is 0 Å². The Morgan fingerprint density at radius 2 is 1.70 bits per heavy atom. The smallest absolute Gasteiger partial charge is 0.0346 e. The first-order chi connectivity index (χ1) is 9.51. The minimum atomic E-state index is 0.104. The van der Waals surface area contributed by atoms with Gasteiger partial charge in [-0.25, -0.2) is 0 Å². The second-order valence-corrected chi connectivity index (χ2v) is 6.50. The van der Waals surface area contributed by atoms with Crippen molar-refractivity contribution in [3.05, 3.63) is 42.0 Å². The van der Waals surface area contributed by atoms with E-state index in [1.807, 2.05) is 6.08 Å². The molecule has 2 N–H and O–H groups in total. The van der Waals surface area contributed by atoms with Gasteiger partial charge in [-0.15, -0.1) is 0 Å². The molecule has 0 amide bonds. The highest BCUT2D eigenvalue weighted by atomic mass is 14.7. The molecule has 0 saturated heterocycles. The van der Waals surface area contributed by atoms with E-state index in [2.05, 4.69) is 51.6 Å². The average Bonchev–Trinajstić information content (AvgIpc) is 2.46. The Bertz CT molecular complexity index is 389. The number of unbranched alkanes of at least 4 members (excludes halogenated alkanes) is 4. The summed E-state index contributed by atoms with van der Waals surface area (Å²) in [6, 6.07) is 8.58. The Balaban J connectivity index is 2.53. The summed E-state index contributed by atoms with van der Waals surface area (Å²) in [5.41, 5.74) is 9.02. The predicted octanol–water partition coefficient (Wildman–Crippen LogP) is 5.72. The quantitative estimate of drug-likeness (QED) is 0.572. The zero-order chi connectivity index (χ0) is 15.0. The van der Waals surface area contributed by atoms with Crippen LogP contribution in [0.1, 0.15) is 76.5 Å². The normalized spacial score (nSPS) is 13.2. The Labute approximate surface area is 125 Å². The molecule has 0 aliphatic carbocycles. The van der Waals surface area contributed by atoms with E-state index in [0.29, 0.717) is 0 Å². The van der Waals surface area contributed by atoms with Crippen molar-refractivity contribution in [2.24, 2.45) is 11.1 Å². The summed E-state index contributed by atoms with van der Waals surface area (Å²) in [4.78, 5) is 0. The van der Waals surface area contributed by atoms with Gasteiger partial charge in [0.2, 0.25) is 0 Å². The van der Waals surface area contributed by atoms with E-state index in [1.54, 1.807) is 0 Å². The standard InChI is InChI=1S/C19H31N/c1-5-7-8-9-10-15-19(3,4)18(20)17-13-11-16(6-2)12-14-17/h6,11-14,18H,2,5,7-10,15,20H2,1,3-4H3. The van der Waals surface area contributed by atoms with Gasteiger partial charge in [0.1, 0.15) is 0 Å². The Morgan fingerprint density at radius 1 is 1.10 bits per heavy atom. The van der Waals surface area contributed by atoms with Crippen LogP contribution in [0.15, 0.2) is 30.8 Å². The summed E-state index contributed by atoms with van der Waals surface area (Å²) in [7, 11) is 0. The Kier molecular flexibility index (Phi) is 7.01. The van der Waals surface area contributed by atoms with Crippen molar-refractivity contribution in [1.29, 1.82) is 0 Å². The molecule has 0 aliphatic heterocycles. The van der Waals surface area contributed by atoms with Crippen LogP contribution in [-0.4, -0.2) is 0 Å². The molecular weight excluding hydrogens is 242 g/mol. The summed E-state index contributed by atoms with van der Waals surface area (Å²) >= 11 is 0. The molecule has 1 heteroatoms. The van der Waals surface area contributed by atoms with Crippen LogP contribution in [0, 0.1) is 5.41 Å². The molecule has 1 rings (SSSR count). The largest absolute Gasteiger partial charge is 0.324 e. The molecule has 1 aromatic rings. The molecule has 0 bridgehead atoms. The van der Waals surface area contributed by atoms with Crippen LogP contribution in [0.4, 0.5) is 0 Å². The van der Waals surface area contributed by atoms with E-state index in [4.69, 9.17) is 5.73 Å². The van der Waals surface area contributed by atoms with E-state index in [0.717, 1.165) is 5.56 Å². The molecule has 0 aromatic heterocycles. The molecule has 0 heterocycles. The molecule has 0 aliphatic rings. The molecule has 0 radical (unpaired) electrons. The van der Waals surface area contributed by atoms with Crippen LogP contribution in [0.3, 0.4) is 0 Å². The van der Waals surface area contributed by atoms with Crippen LogP contribution in [0.2, 0.25) is 0 Å². The molecule has 0 fully saturated rings. The van der Waals surface area contributed by atoms with E-state index in [1.165, 1.54) is 44.1 Å². The van der Waals surface area contributed by atoms with Gasteiger partial charge in [-0.2, -0.15) is 0 Å². The summed E-state index contributed by atoms with van der Waals surface area (Å²) in [6.45, 7) is 10.6. The number of nitrogens with two attached hydrogens (primary N) is 1. The summed E-state index contributed by atoms with van der Waals surface area (Å²) in [5.74, 6) is 0. The fraction of sp³-hybridized carbons (Fsp3) is 0.579. The molecule has 1 nitrogen and oxygen atoms in total. The molecule has 1 unspecified atom stereocenters. The molecule has 1 atom stereocenters. The minimum Gasteiger partial charge on any atom is -0.324 e. The second-order valence-electron chi connectivity index (χ2n) is 6.50. The first kappa shape index (κ1) is 17.0. The van der Waals surface area contributed by atoms with Gasteiger partial charge in [-0.1, -0.05) is 89.8 Å². The Hall–Kier alpha value is -1.08. The molecule has 0 spiro atoms. The number of hydrogen-bond acceptors (Lipinski definition) is 1. The van der Waals surface area contributed by atoms with Gasteiger partial charge >= 0.3 is 0 Å². The lowest BCUT2D eigenvalue weighted by atomic mass is 9.77. The lowest BCUT2D eigenvalue weighted by molar-refractivity contribution is 0.255. The number of rotatable bonds is 9. The molecule has 0 saturated carbocycles. The average molecular weight is 273 g/mol. The summed E-state index contributed by atoms with van der Waals surface area (Å²) < 4.78 is 0. The van der Waals surface area contributed by atoms with Crippen molar-refractivity contribution in [2.75, 3.05) is 0 Å². The lowest BCUT2D eigenvalue weighted by Gasteiger charge is -2.32. The number of benzene rings is 1. The van der Waals surface area contributed by atoms with E-state index < -0.39 is 0 Å². The first-order valence-electron chi connectivity index (χ1n) is 7.99. The van der Waals surface area contributed by atoms with E-state index >= 15 is 0 Å². The van der Waals surface area contributed by atoms with Crippen molar-refractivity contribution < 1.29 is 0 Å². The molecular formula is C19H31N. The fourth-order valence-corrected chi connectivity index (χ4v) is 2.63. The maximum Gasteiger partial charge on any atom is 0.0346 e. The van der Waals surface area contributed by atoms with Gasteiger partial charge in [0.05, 0.1) is 0 Å². The Morgan fingerprint density at radius 3 is 2.25 bits per heavy atom. The molecule has 20 heavy (non-hydrogen) atoms. The van der Waals surface area contributed by atoms with Crippen LogP contribution < -0.4 is 5.73 Å². The first-order valence-corrected chi connectivity index (χ1v) is 7.99. The van der Waals surface area contributed by atoms with Crippen molar-refractivity contribution in [2.45, 2.75) is 65.3 Å². The van der Waals surface area contributed by atoms with Gasteiger partial charge < -0.3 is 5.73 Å². The van der Waals surface area contributed by atoms with E-state index in [-0.39, 0.29) is 11.5 Å². The topological polar surface area (TPSA) is 26.0 Å². The maximum absolute atomic E-state index is 6.48. The minimum absolute atomic E-state index is 0.104. The highest BCUT2D eigenvalue weighted by Crippen LogP contribution is 2.36. The van der Waals surface area contributed by atoms with E-state index in [9.17, 15) is 0 Å². The molecule has 1 aromatic carbocycles. The lowest BCUT2D eigenvalue weighted by Crippen LogP contribution is -2.29. The molecule has 112 valence electrons. The highest BCUT2D eigenvalue weighted by Gasteiger charge is 2.26. The zero-order valence-corrected chi connectivity index (χ0v) is 13.5. The zero-order valence-electron chi connectivity index (χ0n) is 13.5. The predicted molar refractivity (Wildman–Crippen MR) is 90.6 cm³/mol. The van der Waals surface area contributed by atoms with Gasteiger partial charge in [0.15, 0.2) is 0 Å². The van der Waals surface area contributed by atoms with Crippen molar-refractivity contribution in [3.8, 4) is 0 Å². The fourth-order valence-electron chi connectivity index (χ4n) is 2.63. The monoisotopic (exact) mass is 273 g/mol. The SMILES string of the molecule is C=Cc1ccc(C(N)C(C)(C)CCCCCCC)cc1. The number of hydrogen-bond donors (Lipinski definition) is 1. The van der Waals surface area contributed by atoms with Crippen LogP contribution >= 0.6 is 0 Å². The third-order valence-electron chi connectivity index (χ3n) is 4.30. The van der Waals surface area contributed by atoms with Gasteiger partial charge in [-0.05, 0) is 23.0 Å². The van der Waals surface area contributed by atoms with Crippen molar-refractivity contribution >= 4 is 6.08 Å². The van der Waals surface area contributed by atoms with Gasteiger partial charge in [0.25, 0.3) is 0 Å². The summed E-state index contributed by atoms with van der Waals surface area (Å²) in [5, 5.41) is 0.